The summed E-state index contributed by atoms with van der Waals surface area (Å²) in [7, 11) is 1.95. The van der Waals surface area contributed by atoms with E-state index in [1.807, 2.05) is 21.0 Å². The van der Waals surface area contributed by atoms with Gasteiger partial charge in [-0.15, -0.1) is 0 Å². The average Bonchev–Trinajstić information content (AvgIpc) is 3.12. The molecule has 0 aromatic carbocycles. The normalized spacial score (nSPS) is 17.9. The predicted molar refractivity (Wildman–Crippen MR) is 104 cm³/mol. The molecule has 1 fully saturated rings. The highest BCUT2D eigenvalue weighted by atomic mass is 32.2. The Bertz CT molecular complexity index is 754. The zero-order valence-corrected chi connectivity index (χ0v) is 17.3. The predicted octanol–water partition coefficient (Wildman–Crippen LogP) is 0.448. The van der Waals surface area contributed by atoms with Gasteiger partial charge in [-0.2, -0.15) is 0 Å². The Morgan fingerprint density at radius 2 is 2.19 bits per heavy atom. The molecule has 1 aliphatic rings. The summed E-state index contributed by atoms with van der Waals surface area (Å²) in [6.07, 6.45) is 2.73. The van der Waals surface area contributed by atoms with E-state index in [4.69, 9.17) is 4.74 Å². The van der Waals surface area contributed by atoms with E-state index in [-0.39, 0.29) is 17.6 Å². The molecule has 1 amide bonds. The van der Waals surface area contributed by atoms with Gasteiger partial charge in [0.25, 0.3) is 5.91 Å². The van der Waals surface area contributed by atoms with Crippen molar-refractivity contribution in [2.45, 2.75) is 25.7 Å². The summed E-state index contributed by atoms with van der Waals surface area (Å²) in [5.74, 6) is 0.216. The molecule has 1 aromatic heterocycles. The van der Waals surface area contributed by atoms with Crippen molar-refractivity contribution in [1.82, 2.24) is 19.6 Å². The van der Waals surface area contributed by atoms with Gasteiger partial charge in [-0.3, -0.25) is 4.79 Å². The van der Waals surface area contributed by atoms with Crippen molar-refractivity contribution in [3.8, 4) is 0 Å². The maximum absolute atomic E-state index is 12.6. The smallest absolute Gasteiger partial charge is 0.254 e. The number of carbonyl (C=O) groups excluding carboxylic acids is 1. The summed E-state index contributed by atoms with van der Waals surface area (Å²) in [4.78, 5) is 23.1. The number of nitrogens with zero attached hydrogens (tertiary/aromatic N) is 4. The first-order valence-electron chi connectivity index (χ1n) is 9.09. The molecule has 1 aliphatic heterocycles. The fourth-order valence-electron chi connectivity index (χ4n) is 3.04. The molecule has 2 rings (SSSR count). The van der Waals surface area contributed by atoms with Crippen LogP contribution in [0.3, 0.4) is 0 Å². The lowest BCUT2D eigenvalue weighted by Crippen LogP contribution is -2.32. The fourth-order valence-corrected chi connectivity index (χ4v) is 4.60. The Labute approximate surface area is 161 Å². The lowest BCUT2D eigenvalue weighted by molar-refractivity contribution is 0.0935. The van der Waals surface area contributed by atoms with E-state index in [9.17, 15) is 13.2 Å². The van der Waals surface area contributed by atoms with E-state index in [1.54, 1.807) is 12.0 Å². The number of carbonyl (C=O) groups is 1. The molecule has 1 aromatic rings. The van der Waals surface area contributed by atoms with Gasteiger partial charge >= 0.3 is 0 Å². The fraction of sp³-hybridized carbons (Fsp3) is 0.706. The minimum Gasteiger partial charge on any atom is -0.383 e. The van der Waals surface area contributed by atoms with Crippen LogP contribution in [0.1, 0.15) is 41.7 Å². The first-order chi connectivity index (χ1) is 12.8. The van der Waals surface area contributed by atoms with E-state index in [2.05, 4.69) is 15.3 Å². The van der Waals surface area contributed by atoms with Crippen molar-refractivity contribution in [1.29, 1.82) is 0 Å². The van der Waals surface area contributed by atoms with Gasteiger partial charge in [-0.25, -0.2) is 22.7 Å². The molecule has 27 heavy (non-hydrogen) atoms. The number of rotatable bonds is 9. The third-order valence-corrected chi connectivity index (χ3v) is 6.48. The van der Waals surface area contributed by atoms with Gasteiger partial charge in [0.1, 0.15) is 0 Å². The molecule has 0 spiro atoms. The van der Waals surface area contributed by atoms with Crippen LogP contribution in [-0.4, -0.2) is 81.8 Å². The van der Waals surface area contributed by atoms with Crippen LogP contribution in [-0.2, 0) is 14.8 Å². The summed E-state index contributed by atoms with van der Waals surface area (Å²) in [6.45, 7) is 3.42. The van der Waals surface area contributed by atoms with Crippen LogP contribution >= 0.6 is 0 Å². The second kappa shape index (κ2) is 9.43. The highest BCUT2D eigenvalue weighted by Crippen LogP contribution is 2.30. The highest BCUT2D eigenvalue weighted by molar-refractivity contribution is 7.89. The summed E-state index contributed by atoms with van der Waals surface area (Å²) in [5, 5.41) is 2.78. The maximum atomic E-state index is 12.6. The second-order valence-electron chi connectivity index (χ2n) is 6.77. The van der Waals surface area contributed by atoms with E-state index in [1.165, 1.54) is 10.5 Å². The van der Waals surface area contributed by atoms with Gasteiger partial charge in [0.2, 0.25) is 16.0 Å². The van der Waals surface area contributed by atoms with Gasteiger partial charge in [-0.1, -0.05) is 6.92 Å². The number of nitrogens with one attached hydrogen (secondary N) is 1. The van der Waals surface area contributed by atoms with Crippen molar-refractivity contribution < 1.29 is 17.9 Å². The average molecular weight is 400 g/mol. The second-order valence-corrected chi connectivity index (χ2v) is 8.86. The number of methoxy groups -OCH3 is 1. The molecule has 1 N–H and O–H groups in total. The van der Waals surface area contributed by atoms with Crippen LogP contribution in [0.25, 0.3) is 0 Å². The molecule has 0 bridgehead atoms. The van der Waals surface area contributed by atoms with Crippen LogP contribution in [0.5, 0.6) is 0 Å². The Balaban J connectivity index is 2.28. The number of ether oxygens (including phenoxy) is 1. The Morgan fingerprint density at radius 3 is 2.81 bits per heavy atom. The number of anilines is 1. The lowest BCUT2D eigenvalue weighted by Gasteiger charge is -2.19. The van der Waals surface area contributed by atoms with Crippen LogP contribution in [0.15, 0.2) is 6.20 Å². The van der Waals surface area contributed by atoms with Gasteiger partial charge < -0.3 is 15.0 Å². The largest absolute Gasteiger partial charge is 0.383 e. The third-order valence-electron chi connectivity index (χ3n) is 4.44. The monoisotopic (exact) mass is 399 g/mol. The number of sulfonamides is 1. The van der Waals surface area contributed by atoms with Crippen LogP contribution in [0.2, 0.25) is 0 Å². The molecule has 1 atom stereocenters. The zero-order valence-electron chi connectivity index (χ0n) is 16.4. The van der Waals surface area contributed by atoms with Crippen LogP contribution < -0.4 is 10.2 Å². The van der Waals surface area contributed by atoms with Crippen molar-refractivity contribution in [2.75, 3.05) is 58.1 Å². The minimum absolute atomic E-state index is 0.136. The SMILES string of the molecule is CCCS(=O)(=O)N1CCC(c2nc(N(C)C)ncc2C(=O)NCCOC)C1. The highest BCUT2D eigenvalue weighted by Gasteiger charge is 2.34. The van der Waals surface area contributed by atoms with Gasteiger partial charge in [0, 0.05) is 53.0 Å². The van der Waals surface area contributed by atoms with Crippen LogP contribution in [0, 0.1) is 0 Å². The number of aromatic nitrogens is 2. The first-order valence-corrected chi connectivity index (χ1v) is 10.7. The number of amides is 1. The Kier molecular flexibility index (Phi) is 7.51. The maximum Gasteiger partial charge on any atom is 0.254 e. The topological polar surface area (TPSA) is 105 Å². The summed E-state index contributed by atoms with van der Waals surface area (Å²) in [5.41, 5.74) is 0.981. The minimum atomic E-state index is -3.27. The Hall–Kier alpha value is -1.78. The van der Waals surface area contributed by atoms with Gasteiger partial charge in [0.05, 0.1) is 23.6 Å². The molecule has 0 aliphatic carbocycles. The van der Waals surface area contributed by atoms with E-state index in [0.29, 0.717) is 56.3 Å². The summed E-state index contributed by atoms with van der Waals surface area (Å²) in [6, 6.07) is 0. The molecule has 9 nitrogen and oxygen atoms in total. The van der Waals surface area contributed by atoms with E-state index < -0.39 is 10.0 Å². The molecule has 0 saturated carbocycles. The van der Waals surface area contributed by atoms with Gasteiger partial charge in [-0.05, 0) is 12.8 Å². The molecule has 1 saturated heterocycles. The molecule has 0 radical (unpaired) electrons. The van der Waals surface area contributed by atoms with Crippen LogP contribution in [0.4, 0.5) is 5.95 Å². The molecule has 2 heterocycles. The number of hydrogen-bond donors (Lipinski definition) is 1. The zero-order chi connectivity index (χ0) is 20.0. The van der Waals surface area contributed by atoms with Gasteiger partial charge in [0.15, 0.2) is 0 Å². The van der Waals surface area contributed by atoms with E-state index >= 15 is 0 Å². The van der Waals surface area contributed by atoms with E-state index in [0.717, 1.165) is 0 Å². The molecule has 152 valence electrons. The van der Waals surface area contributed by atoms with Crippen molar-refractivity contribution in [3.63, 3.8) is 0 Å². The molecular weight excluding hydrogens is 370 g/mol. The molecular formula is C17H29N5O4S. The lowest BCUT2D eigenvalue weighted by atomic mass is 10.00. The quantitative estimate of drug-likeness (QED) is 0.601. The van der Waals surface area contributed by atoms with Crippen molar-refractivity contribution in [3.05, 3.63) is 17.5 Å². The molecule has 10 heteroatoms. The third kappa shape index (κ3) is 5.36. The summed E-state index contributed by atoms with van der Waals surface area (Å²) < 4.78 is 31.2. The first kappa shape index (κ1) is 21.5. The Morgan fingerprint density at radius 1 is 1.44 bits per heavy atom. The summed E-state index contributed by atoms with van der Waals surface area (Å²) >= 11 is 0. The number of hydrogen-bond acceptors (Lipinski definition) is 7. The molecule has 1 unspecified atom stereocenters. The van der Waals surface area contributed by atoms with Crippen molar-refractivity contribution in [2.24, 2.45) is 0 Å². The standard InChI is InChI=1S/C17H29N5O4S/c1-5-10-27(24,25)22-8-6-13(12-22)15-14(16(23)18-7-9-26-4)11-19-17(20-15)21(2)3/h11,13H,5-10,12H2,1-4H3,(H,18,23). The van der Waals surface area contributed by atoms with Crippen molar-refractivity contribution >= 4 is 21.9 Å².